The highest BCUT2D eigenvalue weighted by Crippen LogP contribution is 2.45. The van der Waals surface area contributed by atoms with Gasteiger partial charge in [-0.2, -0.15) is 0 Å². The van der Waals surface area contributed by atoms with Crippen molar-refractivity contribution < 1.29 is 19.0 Å². The zero-order valence-corrected chi connectivity index (χ0v) is 10.3. The summed E-state index contributed by atoms with van der Waals surface area (Å²) in [6.07, 6.45) is 2.19. The van der Waals surface area contributed by atoms with Gasteiger partial charge in [0.25, 0.3) is 0 Å². The maximum Gasteiger partial charge on any atom is 0.338 e. The van der Waals surface area contributed by atoms with E-state index in [0.717, 1.165) is 30.9 Å². The van der Waals surface area contributed by atoms with Crippen molar-refractivity contribution in [2.24, 2.45) is 5.92 Å². The summed E-state index contributed by atoms with van der Waals surface area (Å²) < 4.78 is 15.9. The lowest BCUT2D eigenvalue weighted by molar-refractivity contribution is -0.0183. The van der Waals surface area contributed by atoms with Gasteiger partial charge in [0, 0.05) is 6.61 Å². The quantitative estimate of drug-likeness (QED) is 0.619. The van der Waals surface area contributed by atoms with E-state index in [1.807, 2.05) is 0 Å². The number of fused-ring (bicyclic) bond motifs is 1. The van der Waals surface area contributed by atoms with Gasteiger partial charge in [-0.1, -0.05) is 0 Å². The zero-order valence-electron chi connectivity index (χ0n) is 10.3. The van der Waals surface area contributed by atoms with Crippen LogP contribution in [0.4, 0.5) is 0 Å². The van der Waals surface area contributed by atoms with Crippen LogP contribution in [-0.4, -0.2) is 25.3 Å². The molecule has 1 saturated heterocycles. The molecule has 0 aliphatic carbocycles. The fourth-order valence-electron chi connectivity index (χ4n) is 2.31. The molecule has 4 nitrogen and oxygen atoms in total. The number of esters is 1. The monoisotopic (exact) mass is 248 g/mol. The maximum absolute atomic E-state index is 11.8. The molecular weight excluding hydrogens is 232 g/mol. The molecule has 0 aromatic heterocycles. The smallest absolute Gasteiger partial charge is 0.338 e. The molecule has 0 radical (unpaired) electrons. The average molecular weight is 248 g/mol. The Labute approximate surface area is 106 Å². The van der Waals surface area contributed by atoms with Crippen molar-refractivity contribution in [3.8, 4) is 11.5 Å². The Balaban J connectivity index is 1.52. The third kappa shape index (κ3) is 2.48. The molecule has 2 aliphatic rings. The van der Waals surface area contributed by atoms with Crippen LogP contribution in [0.2, 0.25) is 0 Å². The van der Waals surface area contributed by atoms with Crippen molar-refractivity contribution in [1.29, 1.82) is 0 Å². The van der Waals surface area contributed by atoms with E-state index in [0.29, 0.717) is 18.1 Å². The van der Waals surface area contributed by atoms with Crippen molar-refractivity contribution in [1.82, 2.24) is 0 Å². The van der Waals surface area contributed by atoms with Gasteiger partial charge in [-0.05, 0) is 43.9 Å². The molecule has 3 rings (SSSR count). The Kier molecular flexibility index (Phi) is 2.96. The molecule has 1 aromatic rings. The molecular formula is C14H16O4. The van der Waals surface area contributed by atoms with Crippen molar-refractivity contribution in [2.45, 2.75) is 25.9 Å². The van der Waals surface area contributed by atoms with Gasteiger partial charge < -0.3 is 14.2 Å². The van der Waals surface area contributed by atoms with Gasteiger partial charge in [-0.25, -0.2) is 4.79 Å². The van der Waals surface area contributed by atoms with E-state index >= 15 is 0 Å². The molecule has 96 valence electrons. The molecule has 0 spiro atoms. The first-order valence-corrected chi connectivity index (χ1v) is 6.33. The van der Waals surface area contributed by atoms with E-state index in [9.17, 15) is 4.79 Å². The molecule has 1 fully saturated rings. The fraction of sp³-hybridized carbons (Fsp3) is 0.500. The minimum absolute atomic E-state index is 0.267. The van der Waals surface area contributed by atoms with Crippen LogP contribution in [0.25, 0.3) is 0 Å². The lowest BCUT2D eigenvalue weighted by atomic mass is 9.97. The highest BCUT2D eigenvalue weighted by atomic mass is 16.6. The SMILES string of the molecule is CC1CC(COC(=O)c2ccc3c(c2)O3)CCO1. The number of ether oxygens (including phenoxy) is 3. The highest BCUT2D eigenvalue weighted by Gasteiger charge is 2.24. The zero-order chi connectivity index (χ0) is 12.5. The minimum Gasteiger partial charge on any atom is -0.462 e. The van der Waals surface area contributed by atoms with Crippen LogP contribution in [0, 0.1) is 5.92 Å². The Hall–Kier alpha value is -1.55. The molecule has 18 heavy (non-hydrogen) atoms. The second-order valence-corrected chi connectivity index (χ2v) is 4.93. The molecule has 0 bridgehead atoms. The van der Waals surface area contributed by atoms with E-state index in [1.54, 1.807) is 18.2 Å². The van der Waals surface area contributed by atoms with E-state index in [1.165, 1.54) is 0 Å². The first-order valence-electron chi connectivity index (χ1n) is 6.33. The summed E-state index contributed by atoms with van der Waals surface area (Å²) >= 11 is 0. The van der Waals surface area contributed by atoms with Gasteiger partial charge in [-0.15, -0.1) is 0 Å². The third-order valence-electron chi connectivity index (χ3n) is 3.40. The van der Waals surface area contributed by atoms with E-state index in [-0.39, 0.29) is 12.1 Å². The first kappa shape index (κ1) is 11.5. The standard InChI is InChI=1S/C14H16O4/c1-9-6-10(4-5-16-9)8-17-14(15)11-2-3-12-13(7-11)18-12/h2-3,7,9-10H,4-6,8H2,1H3. The van der Waals surface area contributed by atoms with Crippen LogP contribution in [-0.2, 0) is 9.47 Å². The molecule has 2 atom stereocenters. The van der Waals surface area contributed by atoms with Gasteiger partial charge in [0.2, 0.25) is 0 Å². The van der Waals surface area contributed by atoms with E-state index in [4.69, 9.17) is 14.2 Å². The van der Waals surface area contributed by atoms with Gasteiger partial charge in [0.05, 0.1) is 18.3 Å². The lowest BCUT2D eigenvalue weighted by Gasteiger charge is -2.26. The second-order valence-electron chi connectivity index (χ2n) is 4.93. The van der Waals surface area contributed by atoms with Gasteiger partial charge in [0.15, 0.2) is 11.5 Å². The molecule has 2 heterocycles. The molecule has 0 saturated carbocycles. The topological polar surface area (TPSA) is 48.1 Å². The summed E-state index contributed by atoms with van der Waals surface area (Å²) in [5.41, 5.74) is 0.561. The molecule has 1 aromatic carbocycles. The summed E-state index contributed by atoms with van der Waals surface area (Å²) in [7, 11) is 0. The number of rotatable bonds is 3. The van der Waals surface area contributed by atoms with Crippen LogP contribution in [0.1, 0.15) is 30.1 Å². The Bertz CT molecular complexity index is 469. The van der Waals surface area contributed by atoms with Crippen LogP contribution in [0.15, 0.2) is 18.2 Å². The summed E-state index contributed by atoms with van der Waals surface area (Å²) in [4.78, 5) is 11.8. The fourth-order valence-corrected chi connectivity index (χ4v) is 2.31. The molecule has 4 heteroatoms. The van der Waals surface area contributed by atoms with Crippen molar-refractivity contribution in [3.05, 3.63) is 23.8 Å². The average Bonchev–Trinajstić information content (AvgIpc) is 3.14. The Morgan fingerprint density at radius 2 is 2.33 bits per heavy atom. The Morgan fingerprint density at radius 1 is 1.44 bits per heavy atom. The number of carbonyl (C=O) groups is 1. The molecule has 0 N–H and O–H groups in total. The first-order chi connectivity index (χ1) is 8.72. The normalized spacial score (nSPS) is 24.9. The third-order valence-corrected chi connectivity index (χ3v) is 3.40. The van der Waals surface area contributed by atoms with E-state index < -0.39 is 0 Å². The maximum atomic E-state index is 11.8. The van der Waals surface area contributed by atoms with Crippen LogP contribution in [0.3, 0.4) is 0 Å². The number of hydrogen-bond acceptors (Lipinski definition) is 4. The van der Waals surface area contributed by atoms with Crippen LogP contribution < -0.4 is 4.74 Å². The molecule has 2 aliphatic heterocycles. The largest absolute Gasteiger partial charge is 0.462 e. The Morgan fingerprint density at radius 3 is 3.11 bits per heavy atom. The number of benzene rings is 1. The summed E-state index contributed by atoms with van der Waals surface area (Å²) in [6.45, 7) is 3.29. The minimum atomic E-state index is -0.271. The van der Waals surface area contributed by atoms with Crippen LogP contribution in [0.5, 0.6) is 11.5 Å². The summed E-state index contributed by atoms with van der Waals surface area (Å²) in [5, 5.41) is 0. The van der Waals surface area contributed by atoms with Gasteiger partial charge in [-0.3, -0.25) is 0 Å². The van der Waals surface area contributed by atoms with Gasteiger partial charge >= 0.3 is 5.97 Å². The summed E-state index contributed by atoms with van der Waals surface area (Å²) in [6, 6.07) is 5.26. The second kappa shape index (κ2) is 4.61. The highest BCUT2D eigenvalue weighted by molar-refractivity contribution is 5.91. The molecule has 0 amide bonds. The van der Waals surface area contributed by atoms with E-state index in [2.05, 4.69) is 6.92 Å². The number of carbonyl (C=O) groups excluding carboxylic acids is 1. The predicted molar refractivity (Wildman–Crippen MR) is 64.9 cm³/mol. The number of hydrogen-bond donors (Lipinski definition) is 0. The van der Waals surface area contributed by atoms with Crippen molar-refractivity contribution in [2.75, 3.05) is 13.2 Å². The predicted octanol–water partition coefficient (Wildman–Crippen LogP) is 2.76. The van der Waals surface area contributed by atoms with Crippen LogP contribution >= 0.6 is 0 Å². The molecule has 2 unspecified atom stereocenters. The van der Waals surface area contributed by atoms with Gasteiger partial charge in [0.1, 0.15) is 0 Å². The van der Waals surface area contributed by atoms with Crippen molar-refractivity contribution >= 4 is 5.97 Å². The van der Waals surface area contributed by atoms with Crippen molar-refractivity contribution in [3.63, 3.8) is 0 Å². The summed E-state index contributed by atoms with van der Waals surface area (Å²) in [5.74, 6) is 1.78. The lowest BCUT2D eigenvalue weighted by Crippen LogP contribution is -2.27.